The Hall–Kier alpha value is -3.41. The van der Waals surface area contributed by atoms with Gasteiger partial charge in [0.25, 0.3) is 0 Å². The molecular formula is C22H23N3O3. The van der Waals surface area contributed by atoms with Crippen LogP contribution >= 0.6 is 0 Å². The molecule has 3 rings (SSSR count). The Morgan fingerprint density at radius 2 is 1.79 bits per heavy atom. The molecule has 0 saturated heterocycles. The van der Waals surface area contributed by atoms with Crippen LogP contribution in [0.1, 0.15) is 20.8 Å². The molecule has 144 valence electrons. The molecule has 0 bridgehead atoms. The van der Waals surface area contributed by atoms with Gasteiger partial charge < -0.3 is 15.0 Å². The summed E-state index contributed by atoms with van der Waals surface area (Å²) in [7, 11) is 0. The van der Waals surface area contributed by atoms with Crippen LogP contribution in [-0.4, -0.2) is 29.4 Å². The van der Waals surface area contributed by atoms with Gasteiger partial charge in [-0.25, -0.2) is 0 Å². The number of fused-ring (bicyclic) bond motifs is 1. The van der Waals surface area contributed by atoms with Crippen molar-refractivity contribution in [2.75, 3.05) is 16.8 Å². The number of aromatic nitrogens is 1. The fourth-order valence-electron chi connectivity index (χ4n) is 2.90. The minimum Gasteiger partial charge on any atom is -0.491 e. The summed E-state index contributed by atoms with van der Waals surface area (Å²) in [6.45, 7) is 5.23. The van der Waals surface area contributed by atoms with Gasteiger partial charge in [0.2, 0.25) is 11.8 Å². The van der Waals surface area contributed by atoms with E-state index in [1.807, 2.05) is 38.1 Å². The number of ether oxygens (including phenoxy) is 1. The lowest BCUT2D eigenvalue weighted by atomic mass is 10.2. The molecule has 0 saturated carbocycles. The first-order valence-corrected chi connectivity index (χ1v) is 9.12. The lowest BCUT2D eigenvalue weighted by Gasteiger charge is -2.21. The number of rotatable bonds is 6. The number of amides is 2. The Bertz CT molecular complexity index is 978. The first-order valence-electron chi connectivity index (χ1n) is 9.12. The van der Waals surface area contributed by atoms with Gasteiger partial charge in [-0.15, -0.1) is 0 Å². The van der Waals surface area contributed by atoms with Crippen molar-refractivity contribution in [3.05, 3.63) is 60.8 Å². The Morgan fingerprint density at radius 3 is 2.46 bits per heavy atom. The van der Waals surface area contributed by atoms with Crippen molar-refractivity contribution in [3.63, 3.8) is 0 Å². The molecule has 28 heavy (non-hydrogen) atoms. The predicted octanol–water partition coefficient (Wildman–Crippen LogP) is 4.01. The summed E-state index contributed by atoms with van der Waals surface area (Å²) in [5, 5.41) is 3.79. The maximum absolute atomic E-state index is 12.6. The zero-order valence-corrected chi connectivity index (χ0v) is 16.2. The largest absolute Gasteiger partial charge is 0.491 e. The van der Waals surface area contributed by atoms with Crippen molar-refractivity contribution < 1.29 is 14.3 Å². The maximum atomic E-state index is 12.6. The van der Waals surface area contributed by atoms with E-state index >= 15 is 0 Å². The van der Waals surface area contributed by atoms with Crippen molar-refractivity contribution in [1.29, 1.82) is 0 Å². The molecule has 0 aliphatic heterocycles. The third-order valence-electron chi connectivity index (χ3n) is 4.11. The molecule has 1 N–H and O–H groups in total. The highest BCUT2D eigenvalue weighted by atomic mass is 16.5. The summed E-state index contributed by atoms with van der Waals surface area (Å²) in [6, 6.07) is 16.5. The zero-order valence-electron chi connectivity index (χ0n) is 16.2. The Kier molecular flexibility index (Phi) is 5.89. The van der Waals surface area contributed by atoms with E-state index in [-0.39, 0.29) is 24.5 Å². The number of carbonyl (C=O) groups is 2. The van der Waals surface area contributed by atoms with Gasteiger partial charge in [-0.2, -0.15) is 0 Å². The molecule has 0 fully saturated rings. The van der Waals surface area contributed by atoms with Crippen LogP contribution < -0.4 is 15.0 Å². The van der Waals surface area contributed by atoms with E-state index in [1.54, 1.807) is 36.5 Å². The van der Waals surface area contributed by atoms with E-state index in [9.17, 15) is 9.59 Å². The fraction of sp³-hybridized carbons (Fsp3) is 0.227. The second-order valence-corrected chi connectivity index (χ2v) is 6.69. The lowest BCUT2D eigenvalue weighted by Crippen LogP contribution is -2.36. The number of anilines is 2. The molecule has 0 aliphatic rings. The fourth-order valence-corrected chi connectivity index (χ4v) is 2.90. The summed E-state index contributed by atoms with van der Waals surface area (Å²) in [6.07, 6.45) is 1.75. The van der Waals surface area contributed by atoms with E-state index in [4.69, 9.17) is 4.74 Å². The molecule has 0 aliphatic carbocycles. The molecule has 0 unspecified atom stereocenters. The monoisotopic (exact) mass is 377 g/mol. The topological polar surface area (TPSA) is 71.5 Å². The van der Waals surface area contributed by atoms with Crippen molar-refractivity contribution in [2.24, 2.45) is 0 Å². The standard InChI is InChI=1S/C22H23N3O3/c1-15(2)28-19-11-9-18(10-12-19)25(16(3)26)14-21(27)24-20-8-4-6-17-7-5-13-23-22(17)20/h4-13,15H,14H2,1-3H3,(H,24,27). The molecule has 3 aromatic rings. The van der Waals surface area contributed by atoms with Crippen molar-refractivity contribution in [3.8, 4) is 5.75 Å². The summed E-state index contributed by atoms with van der Waals surface area (Å²) in [5.74, 6) is 0.202. The molecule has 1 aromatic heterocycles. The van der Waals surface area contributed by atoms with Crippen LogP contribution in [0.5, 0.6) is 5.75 Å². The van der Waals surface area contributed by atoms with E-state index in [2.05, 4.69) is 10.3 Å². The van der Waals surface area contributed by atoms with Crippen LogP contribution in [0.15, 0.2) is 60.8 Å². The van der Waals surface area contributed by atoms with E-state index < -0.39 is 0 Å². The van der Waals surface area contributed by atoms with Gasteiger partial charge in [0, 0.05) is 24.2 Å². The van der Waals surface area contributed by atoms with Gasteiger partial charge in [0.1, 0.15) is 12.3 Å². The van der Waals surface area contributed by atoms with Gasteiger partial charge in [-0.05, 0) is 50.2 Å². The second kappa shape index (κ2) is 8.52. The molecule has 2 amide bonds. The summed E-state index contributed by atoms with van der Waals surface area (Å²) in [5.41, 5.74) is 1.96. The van der Waals surface area contributed by atoms with Crippen LogP contribution in [-0.2, 0) is 9.59 Å². The summed E-state index contributed by atoms with van der Waals surface area (Å²) >= 11 is 0. The molecule has 0 atom stereocenters. The van der Waals surface area contributed by atoms with Gasteiger partial charge in [-0.3, -0.25) is 14.6 Å². The number of hydrogen-bond acceptors (Lipinski definition) is 4. The normalized spacial score (nSPS) is 10.7. The molecule has 2 aromatic carbocycles. The third-order valence-corrected chi connectivity index (χ3v) is 4.11. The smallest absolute Gasteiger partial charge is 0.244 e. The minimum atomic E-state index is -0.295. The van der Waals surface area contributed by atoms with Crippen LogP contribution in [0.3, 0.4) is 0 Å². The predicted molar refractivity (Wildman–Crippen MR) is 111 cm³/mol. The first kappa shape index (κ1) is 19.4. The highest BCUT2D eigenvalue weighted by molar-refractivity contribution is 6.05. The van der Waals surface area contributed by atoms with Gasteiger partial charge in [-0.1, -0.05) is 18.2 Å². The van der Waals surface area contributed by atoms with Crippen molar-refractivity contribution in [2.45, 2.75) is 26.9 Å². The Morgan fingerprint density at radius 1 is 1.07 bits per heavy atom. The molecule has 6 nitrogen and oxygen atoms in total. The summed E-state index contributed by atoms with van der Waals surface area (Å²) < 4.78 is 5.62. The number of nitrogens with zero attached hydrogens (tertiary/aromatic N) is 2. The third kappa shape index (κ3) is 4.65. The van der Waals surface area contributed by atoms with Crippen LogP contribution in [0.2, 0.25) is 0 Å². The first-order chi connectivity index (χ1) is 13.4. The van der Waals surface area contributed by atoms with Gasteiger partial charge in [0.15, 0.2) is 0 Å². The quantitative estimate of drug-likeness (QED) is 0.704. The second-order valence-electron chi connectivity index (χ2n) is 6.69. The molecule has 0 radical (unpaired) electrons. The molecule has 0 spiro atoms. The molecule has 1 heterocycles. The highest BCUT2D eigenvalue weighted by Gasteiger charge is 2.17. The number of nitrogens with one attached hydrogen (secondary N) is 1. The van der Waals surface area contributed by atoms with Crippen LogP contribution in [0.4, 0.5) is 11.4 Å². The zero-order chi connectivity index (χ0) is 20.1. The average molecular weight is 377 g/mol. The van der Waals surface area contributed by atoms with Gasteiger partial charge >= 0.3 is 0 Å². The van der Waals surface area contributed by atoms with Crippen molar-refractivity contribution >= 4 is 34.1 Å². The molecule has 6 heteroatoms. The van der Waals surface area contributed by atoms with Crippen LogP contribution in [0.25, 0.3) is 10.9 Å². The van der Waals surface area contributed by atoms with E-state index in [1.165, 1.54) is 11.8 Å². The lowest BCUT2D eigenvalue weighted by molar-refractivity contribution is -0.120. The van der Waals surface area contributed by atoms with E-state index in [0.717, 1.165) is 5.39 Å². The number of hydrogen-bond donors (Lipinski definition) is 1. The average Bonchev–Trinajstić information content (AvgIpc) is 2.66. The Labute approximate surface area is 164 Å². The summed E-state index contributed by atoms with van der Waals surface area (Å²) in [4.78, 5) is 30.5. The molecular weight excluding hydrogens is 354 g/mol. The highest BCUT2D eigenvalue weighted by Crippen LogP contribution is 2.22. The number of para-hydroxylation sites is 1. The van der Waals surface area contributed by atoms with Crippen molar-refractivity contribution in [1.82, 2.24) is 4.98 Å². The van der Waals surface area contributed by atoms with E-state index in [0.29, 0.717) is 22.6 Å². The maximum Gasteiger partial charge on any atom is 0.244 e. The number of pyridine rings is 1. The van der Waals surface area contributed by atoms with Gasteiger partial charge in [0.05, 0.1) is 17.3 Å². The van der Waals surface area contributed by atoms with Crippen LogP contribution in [0, 0.1) is 0 Å². The minimum absolute atomic E-state index is 0.0647. The number of carbonyl (C=O) groups excluding carboxylic acids is 2. The Balaban J connectivity index is 1.75. The number of benzene rings is 2. The SMILES string of the molecule is CC(=O)N(CC(=O)Nc1cccc2cccnc12)c1ccc(OC(C)C)cc1.